The van der Waals surface area contributed by atoms with Crippen LogP contribution in [0.5, 0.6) is 0 Å². The minimum absolute atomic E-state index is 0. The fraction of sp³-hybridized carbons (Fsp3) is 0.556. The number of hydrogen-bond acceptors (Lipinski definition) is 5. The van der Waals surface area contributed by atoms with Gasteiger partial charge in [-0.3, -0.25) is 9.89 Å². The average molecular weight is 489 g/mol. The minimum Gasteiger partial charge on any atom is -0.444 e. The summed E-state index contributed by atoms with van der Waals surface area (Å²) in [5.41, 5.74) is 0.937. The van der Waals surface area contributed by atoms with Crippen molar-refractivity contribution >= 4 is 41.3 Å². The summed E-state index contributed by atoms with van der Waals surface area (Å²) >= 11 is 1.82. The van der Waals surface area contributed by atoms with Crippen molar-refractivity contribution in [3.8, 4) is 0 Å². The maximum Gasteiger partial charge on any atom is 0.214 e. The summed E-state index contributed by atoms with van der Waals surface area (Å²) < 4.78 is 5.61. The summed E-state index contributed by atoms with van der Waals surface area (Å²) in [5.74, 6) is 2.33. The molecule has 1 unspecified atom stereocenters. The van der Waals surface area contributed by atoms with Gasteiger partial charge >= 0.3 is 0 Å². The van der Waals surface area contributed by atoms with Crippen LogP contribution in [0, 0.1) is 13.8 Å². The van der Waals surface area contributed by atoms with Gasteiger partial charge in [-0.15, -0.1) is 35.3 Å². The first-order valence-electron chi connectivity index (χ1n) is 8.82. The standard InChI is InChI=1S/C18H27N5OS.HI/c1-13-14(2)24-17(22-13)12-21-18(19-3)20-11-15(16-7-6-10-25-16)23-8-4-5-9-23;/h6-7,10,15H,4-5,8-9,11-12H2,1-3H3,(H2,19,20,21);1H. The Labute approximate surface area is 176 Å². The first-order chi connectivity index (χ1) is 12.2. The molecule has 2 N–H and O–H groups in total. The Morgan fingerprint density at radius 3 is 2.69 bits per heavy atom. The van der Waals surface area contributed by atoms with Gasteiger partial charge in [0.2, 0.25) is 5.89 Å². The second-order valence-electron chi connectivity index (χ2n) is 6.33. The Morgan fingerprint density at radius 1 is 1.35 bits per heavy atom. The first kappa shape index (κ1) is 21.2. The van der Waals surface area contributed by atoms with Crippen LogP contribution < -0.4 is 10.6 Å². The molecule has 0 aliphatic carbocycles. The molecule has 0 bridgehead atoms. The number of nitrogens with zero attached hydrogens (tertiary/aromatic N) is 3. The molecular formula is C18H28IN5OS. The lowest BCUT2D eigenvalue weighted by molar-refractivity contribution is 0.249. The number of halogens is 1. The average Bonchev–Trinajstić information content (AvgIpc) is 3.35. The number of nitrogens with one attached hydrogen (secondary N) is 2. The van der Waals surface area contributed by atoms with Crippen LogP contribution >= 0.6 is 35.3 Å². The second-order valence-corrected chi connectivity index (χ2v) is 7.31. The van der Waals surface area contributed by atoms with Crippen LogP contribution in [-0.4, -0.2) is 42.5 Å². The van der Waals surface area contributed by atoms with E-state index in [4.69, 9.17) is 4.42 Å². The van der Waals surface area contributed by atoms with Gasteiger partial charge in [0.1, 0.15) is 5.76 Å². The van der Waals surface area contributed by atoms with E-state index in [1.54, 1.807) is 7.05 Å². The summed E-state index contributed by atoms with van der Waals surface area (Å²) in [6, 6.07) is 4.75. The van der Waals surface area contributed by atoms with E-state index in [0.717, 1.165) is 24.0 Å². The molecule has 2 aromatic rings. The predicted molar refractivity (Wildman–Crippen MR) is 117 cm³/mol. The summed E-state index contributed by atoms with van der Waals surface area (Å²) in [6.45, 7) is 7.60. The van der Waals surface area contributed by atoms with Gasteiger partial charge < -0.3 is 15.1 Å². The lowest BCUT2D eigenvalue weighted by Crippen LogP contribution is -2.42. The molecule has 0 aromatic carbocycles. The normalized spacial score (nSPS) is 16.3. The third kappa shape index (κ3) is 5.43. The smallest absolute Gasteiger partial charge is 0.214 e. The van der Waals surface area contributed by atoms with Crippen molar-refractivity contribution < 1.29 is 4.42 Å². The Hall–Kier alpha value is -1.13. The van der Waals surface area contributed by atoms with Gasteiger partial charge in [-0.05, 0) is 51.2 Å². The molecule has 3 heterocycles. The molecule has 144 valence electrons. The van der Waals surface area contributed by atoms with Gasteiger partial charge in [0.15, 0.2) is 5.96 Å². The van der Waals surface area contributed by atoms with Crippen LogP contribution in [0.15, 0.2) is 26.9 Å². The highest BCUT2D eigenvalue weighted by Crippen LogP contribution is 2.27. The molecule has 1 aliphatic heterocycles. The molecule has 2 aromatic heterocycles. The van der Waals surface area contributed by atoms with E-state index < -0.39 is 0 Å². The number of rotatable bonds is 6. The van der Waals surface area contributed by atoms with Gasteiger partial charge in [-0.1, -0.05) is 6.07 Å². The van der Waals surface area contributed by atoms with E-state index in [9.17, 15) is 0 Å². The Balaban J connectivity index is 0.00000243. The molecular weight excluding hydrogens is 461 g/mol. The number of likely N-dealkylation sites (tertiary alicyclic amines) is 1. The largest absolute Gasteiger partial charge is 0.444 e. The molecule has 0 amide bonds. The third-order valence-corrected chi connectivity index (χ3v) is 5.59. The Morgan fingerprint density at radius 2 is 2.12 bits per heavy atom. The molecule has 26 heavy (non-hydrogen) atoms. The third-order valence-electron chi connectivity index (χ3n) is 4.62. The maximum absolute atomic E-state index is 5.61. The van der Waals surface area contributed by atoms with E-state index >= 15 is 0 Å². The lowest BCUT2D eigenvalue weighted by Gasteiger charge is -2.27. The highest BCUT2D eigenvalue weighted by atomic mass is 127. The number of thiophene rings is 1. The molecule has 1 saturated heterocycles. The number of aliphatic imine (C=N–C) groups is 1. The fourth-order valence-electron chi connectivity index (χ4n) is 3.13. The highest BCUT2D eigenvalue weighted by Gasteiger charge is 2.24. The van der Waals surface area contributed by atoms with Gasteiger partial charge in [0.25, 0.3) is 0 Å². The van der Waals surface area contributed by atoms with Crippen LogP contribution in [0.4, 0.5) is 0 Å². The van der Waals surface area contributed by atoms with Gasteiger partial charge in [-0.2, -0.15) is 0 Å². The summed E-state index contributed by atoms with van der Waals surface area (Å²) in [4.78, 5) is 12.7. The highest BCUT2D eigenvalue weighted by molar-refractivity contribution is 14.0. The van der Waals surface area contributed by atoms with Crippen molar-refractivity contribution in [2.75, 3.05) is 26.7 Å². The predicted octanol–water partition coefficient (Wildman–Crippen LogP) is 3.47. The molecule has 0 saturated carbocycles. The van der Waals surface area contributed by atoms with E-state index in [-0.39, 0.29) is 24.0 Å². The monoisotopic (exact) mass is 489 g/mol. The number of guanidine groups is 1. The van der Waals surface area contributed by atoms with Crippen LogP contribution in [-0.2, 0) is 6.54 Å². The van der Waals surface area contributed by atoms with Crippen molar-refractivity contribution in [2.45, 2.75) is 39.3 Å². The van der Waals surface area contributed by atoms with Crippen molar-refractivity contribution in [3.63, 3.8) is 0 Å². The SMILES string of the molecule is CN=C(NCc1nc(C)c(C)o1)NCC(c1cccs1)N1CCCC1.I. The molecule has 1 aliphatic rings. The molecule has 1 atom stereocenters. The van der Waals surface area contributed by atoms with Gasteiger partial charge in [-0.25, -0.2) is 4.98 Å². The topological polar surface area (TPSA) is 65.7 Å². The van der Waals surface area contributed by atoms with E-state index in [1.807, 2.05) is 25.2 Å². The van der Waals surface area contributed by atoms with E-state index in [2.05, 4.69) is 43.0 Å². The Bertz CT molecular complexity index is 675. The zero-order valence-electron chi connectivity index (χ0n) is 15.6. The van der Waals surface area contributed by atoms with Gasteiger partial charge in [0.05, 0.1) is 18.3 Å². The lowest BCUT2D eigenvalue weighted by atomic mass is 10.2. The quantitative estimate of drug-likeness (QED) is 0.370. The van der Waals surface area contributed by atoms with Crippen LogP contribution in [0.2, 0.25) is 0 Å². The maximum atomic E-state index is 5.61. The number of aromatic nitrogens is 1. The Kier molecular flexibility index (Phi) is 8.36. The van der Waals surface area contributed by atoms with Crippen molar-refractivity contribution in [3.05, 3.63) is 39.7 Å². The fourth-order valence-corrected chi connectivity index (χ4v) is 3.99. The summed E-state index contributed by atoms with van der Waals surface area (Å²) in [7, 11) is 1.79. The van der Waals surface area contributed by atoms with Gasteiger partial charge in [0, 0.05) is 18.5 Å². The second kappa shape index (κ2) is 10.3. The van der Waals surface area contributed by atoms with Crippen molar-refractivity contribution in [2.24, 2.45) is 4.99 Å². The van der Waals surface area contributed by atoms with Crippen molar-refractivity contribution in [1.82, 2.24) is 20.5 Å². The number of aryl methyl sites for hydroxylation is 2. The molecule has 3 rings (SSSR count). The number of hydrogen-bond donors (Lipinski definition) is 2. The van der Waals surface area contributed by atoms with Crippen LogP contribution in [0.3, 0.4) is 0 Å². The molecule has 1 fully saturated rings. The number of oxazole rings is 1. The minimum atomic E-state index is 0. The molecule has 8 heteroatoms. The van der Waals surface area contributed by atoms with Crippen molar-refractivity contribution in [1.29, 1.82) is 0 Å². The van der Waals surface area contributed by atoms with E-state index in [1.165, 1.54) is 30.8 Å². The van der Waals surface area contributed by atoms with E-state index in [0.29, 0.717) is 18.5 Å². The first-order valence-corrected chi connectivity index (χ1v) is 9.70. The molecule has 0 spiro atoms. The van der Waals surface area contributed by atoms with Crippen LogP contribution in [0.1, 0.15) is 41.1 Å². The van der Waals surface area contributed by atoms with Crippen LogP contribution in [0.25, 0.3) is 0 Å². The molecule has 0 radical (unpaired) electrons. The zero-order valence-corrected chi connectivity index (χ0v) is 18.8. The summed E-state index contributed by atoms with van der Waals surface area (Å²) in [6.07, 6.45) is 2.58. The summed E-state index contributed by atoms with van der Waals surface area (Å²) in [5, 5.41) is 8.90. The zero-order chi connectivity index (χ0) is 17.6. The molecule has 6 nitrogen and oxygen atoms in total.